The maximum Gasteiger partial charge on any atom is 0.274 e. The molecular formula is C19H36O3Si2. The summed E-state index contributed by atoms with van der Waals surface area (Å²) < 4.78 is 12.1. The van der Waals surface area contributed by atoms with E-state index in [0.717, 1.165) is 5.57 Å². The van der Waals surface area contributed by atoms with Gasteiger partial charge < -0.3 is 8.85 Å². The Labute approximate surface area is 152 Å². The molecule has 0 heterocycles. The van der Waals surface area contributed by atoms with Gasteiger partial charge >= 0.3 is 0 Å². The summed E-state index contributed by atoms with van der Waals surface area (Å²) in [5.74, 6) is 1.40. The normalized spacial score (nSPS) is 23.4. The lowest BCUT2D eigenvalue weighted by molar-refractivity contribution is -0.122. The summed E-state index contributed by atoms with van der Waals surface area (Å²) in [6.07, 6.45) is 0.579. The van der Waals surface area contributed by atoms with Gasteiger partial charge in [0.2, 0.25) is 9.04 Å². The van der Waals surface area contributed by atoms with Crippen LogP contribution in [0, 0.1) is 22.7 Å². The Morgan fingerprint density at radius 3 is 1.88 bits per heavy atom. The molecule has 0 unspecified atom stereocenters. The van der Waals surface area contributed by atoms with Gasteiger partial charge in [0.25, 0.3) is 9.04 Å². The first kappa shape index (κ1) is 21.6. The standard InChI is InChI=1S/C19H36O3Si2/c1-18(2,3)14-11-15(20)17(22-24(9)10)13(12-21-23(7)8)16(14)19(4,5)6/h14,16H,11-12H2,1-10H3/t14-,16+/m0/s1. The molecule has 0 aromatic carbocycles. The Morgan fingerprint density at radius 2 is 1.50 bits per heavy atom. The third-order valence-corrected chi connectivity index (χ3v) is 5.93. The van der Waals surface area contributed by atoms with E-state index >= 15 is 0 Å². The van der Waals surface area contributed by atoms with Crippen LogP contribution < -0.4 is 0 Å². The lowest BCUT2D eigenvalue weighted by atomic mass is 9.58. The molecule has 1 aliphatic rings. The van der Waals surface area contributed by atoms with E-state index in [1.807, 2.05) is 0 Å². The van der Waals surface area contributed by atoms with Crippen molar-refractivity contribution in [3.63, 3.8) is 0 Å². The predicted molar refractivity (Wildman–Crippen MR) is 105 cm³/mol. The second kappa shape index (κ2) is 7.87. The van der Waals surface area contributed by atoms with Crippen molar-refractivity contribution >= 4 is 23.9 Å². The van der Waals surface area contributed by atoms with Crippen LogP contribution in [-0.4, -0.2) is 30.5 Å². The second-order valence-electron chi connectivity index (χ2n) is 9.51. The molecule has 0 spiro atoms. The van der Waals surface area contributed by atoms with Gasteiger partial charge in [-0.1, -0.05) is 41.5 Å². The van der Waals surface area contributed by atoms with Crippen molar-refractivity contribution < 1.29 is 13.6 Å². The smallest absolute Gasteiger partial charge is 0.274 e. The lowest BCUT2D eigenvalue weighted by Crippen LogP contribution is -2.44. The fraction of sp³-hybridized carbons (Fsp3) is 0.842. The Hall–Kier alpha value is -0.396. The molecule has 2 radical (unpaired) electrons. The summed E-state index contributed by atoms with van der Waals surface area (Å²) >= 11 is 0. The highest BCUT2D eigenvalue weighted by atomic mass is 28.3. The quantitative estimate of drug-likeness (QED) is 0.635. The average Bonchev–Trinajstić information content (AvgIpc) is 2.35. The van der Waals surface area contributed by atoms with Crippen LogP contribution in [-0.2, 0) is 13.6 Å². The lowest BCUT2D eigenvalue weighted by Gasteiger charge is -2.47. The molecule has 0 N–H and O–H groups in total. The van der Waals surface area contributed by atoms with Crippen molar-refractivity contribution in [2.45, 2.75) is 74.2 Å². The van der Waals surface area contributed by atoms with Gasteiger partial charge in [-0.05, 0) is 48.9 Å². The summed E-state index contributed by atoms with van der Waals surface area (Å²) in [7, 11) is -1.80. The number of rotatable bonds is 5. The number of carbonyl (C=O) groups excluding carboxylic acids is 1. The van der Waals surface area contributed by atoms with E-state index in [1.165, 1.54) is 0 Å². The van der Waals surface area contributed by atoms with Crippen molar-refractivity contribution in [1.29, 1.82) is 0 Å². The van der Waals surface area contributed by atoms with Crippen molar-refractivity contribution in [3.8, 4) is 0 Å². The van der Waals surface area contributed by atoms with Crippen molar-refractivity contribution in [1.82, 2.24) is 0 Å². The van der Waals surface area contributed by atoms with Crippen LogP contribution in [0.25, 0.3) is 0 Å². The predicted octanol–water partition coefficient (Wildman–Crippen LogP) is 5.07. The average molecular weight is 369 g/mol. The number of Topliss-reactive ketones (excluding diaryl/α,β-unsaturated/α-hetero) is 1. The third kappa shape index (κ3) is 5.56. The van der Waals surface area contributed by atoms with E-state index in [4.69, 9.17) is 8.85 Å². The fourth-order valence-electron chi connectivity index (χ4n) is 3.61. The second-order valence-corrected chi connectivity index (χ2v) is 13.6. The third-order valence-electron chi connectivity index (χ3n) is 4.60. The Balaban J connectivity index is 3.46. The molecule has 0 aromatic heterocycles. The molecular weight excluding hydrogens is 332 g/mol. The number of ketones is 1. The fourth-order valence-corrected chi connectivity index (χ4v) is 4.71. The molecule has 0 amide bonds. The molecule has 0 aromatic rings. The molecule has 0 saturated heterocycles. The zero-order valence-corrected chi connectivity index (χ0v) is 19.3. The molecule has 138 valence electrons. The first-order valence-corrected chi connectivity index (χ1v) is 13.7. The van der Waals surface area contributed by atoms with Crippen molar-refractivity contribution in [2.75, 3.05) is 6.61 Å². The van der Waals surface area contributed by atoms with Gasteiger partial charge in [-0.25, -0.2) is 0 Å². The zero-order valence-electron chi connectivity index (χ0n) is 17.3. The summed E-state index contributed by atoms with van der Waals surface area (Å²) in [4.78, 5) is 12.9. The van der Waals surface area contributed by atoms with Crippen LogP contribution in [0.5, 0.6) is 0 Å². The van der Waals surface area contributed by atoms with Gasteiger partial charge in [0.15, 0.2) is 5.78 Å². The highest BCUT2D eigenvalue weighted by molar-refractivity contribution is 6.49. The van der Waals surface area contributed by atoms with Crippen LogP contribution >= 0.6 is 0 Å². The molecule has 0 saturated carbocycles. The minimum absolute atomic E-state index is 0.0642. The highest BCUT2D eigenvalue weighted by Gasteiger charge is 2.47. The molecule has 24 heavy (non-hydrogen) atoms. The van der Waals surface area contributed by atoms with Crippen LogP contribution in [0.15, 0.2) is 11.3 Å². The Bertz CT molecular complexity index is 482. The van der Waals surface area contributed by atoms with E-state index in [2.05, 4.69) is 67.7 Å². The summed E-state index contributed by atoms with van der Waals surface area (Å²) in [6, 6.07) is 0. The van der Waals surface area contributed by atoms with Crippen molar-refractivity contribution in [3.05, 3.63) is 11.3 Å². The first-order chi connectivity index (χ1) is 10.7. The largest absolute Gasteiger partial charge is 0.540 e. The van der Waals surface area contributed by atoms with E-state index in [0.29, 0.717) is 30.6 Å². The van der Waals surface area contributed by atoms with Crippen LogP contribution in [0.2, 0.25) is 26.2 Å². The molecule has 1 rings (SSSR count). The van der Waals surface area contributed by atoms with Gasteiger partial charge in [-0.3, -0.25) is 4.79 Å². The van der Waals surface area contributed by atoms with E-state index < -0.39 is 18.1 Å². The molecule has 5 heteroatoms. The topological polar surface area (TPSA) is 35.5 Å². The summed E-state index contributed by atoms with van der Waals surface area (Å²) in [6.45, 7) is 22.5. The van der Waals surface area contributed by atoms with E-state index in [9.17, 15) is 4.79 Å². The number of allylic oxidation sites excluding steroid dienone is 1. The summed E-state index contributed by atoms with van der Waals surface area (Å²) in [5.41, 5.74) is 1.24. The highest BCUT2D eigenvalue weighted by Crippen LogP contribution is 2.50. The number of hydrogen-bond donors (Lipinski definition) is 0. The molecule has 1 aliphatic carbocycles. The van der Waals surface area contributed by atoms with Gasteiger partial charge in [-0.15, -0.1) is 0 Å². The zero-order chi connectivity index (χ0) is 18.9. The molecule has 2 atom stereocenters. The maximum absolute atomic E-state index is 12.9. The molecule has 0 aliphatic heterocycles. The number of carbonyl (C=O) groups is 1. The number of hydrogen-bond acceptors (Lipinski definition) is 3. The van der Waals surface area contributed by atoms with Crippen LogP contribution in [0.4, 0.5) is 0 Å². The SMILES string of the molecule is C[Si](C)OCC1=C(O[Si](C)C)C(=O)C[C@H](C(C)(C)C)[C@@H]1C(C)(C)C. The molecule has 0 fully saturated rings. The van der Waals surface area contributed by atoms with Crippen molar-refractivity contribution in [2.24, 2.45) is 22.7 Å². The Morgan fingerprint density at radius 1 is 0.958 bits per heavy atom. The van der Waals surface area contributed by atoms with E-state index in [1.54, 1.807) is 0 Å². The van der Waals surface area contributed by atoms with Crippen LogP contribution in [0.3, 0.4) is 0 Å². The van der Waals surface area contributed by atoms with Gasteiger partial charge in [0.1, 0.15) is 5.76 Å². The van der Waals surface area contributed by atoms with Gasteiger partial charge in [-0.2, -0.15) is 0 Å². The van der Waals surface area contributed by atoms with Gasteiger partial charge in [0, 0.05) is 12.0 Å². The van der Waals surface area contributed by atoms with Gasteiger partial charge in [0.05, 0.1) is 6.61 Å². The minimum atomic E-state index is -0.983. The molecule has 0 bridgehead atoms. The van der Waals surface area contributed by atoms with E-state index in [-0.39, 0.29) is 16.6 Å². The monoisotopic (exact) mass is 368 g/mol. The maximum atomic E-state index is 12.9. The Kier molecular flexibility index (Phi) is 7.10. The summed E-state index contributed by atoms with van der Waals surface area (Å²) in [5, 5.41) is 0. The van der Waals surface area contributed by atoms with Crippen LogP contribution in [0.1, 0.15) is 48.0 Å². The minimum Gasteiger partial charge on any atom is -0.540 e. The molecule has 3 nitrogen and oxygen atoms in total. The first-order valence-electron chi connectivity index (χ1n) is 8.92.